The smallest absolute Gasteiger partial charge is 0.140 e. The molecule has 2 unspecified atom stereocenters. The highest BCUT2D eigenvalue weighted by Gasteiger charge is 2.24. The number of aryl methyl sites for hydroxylation is 1. The molecule has 17 heavy (non-hydrogen) atoms. The molecule has 1 saturated carbocycles. The van der Waals surface area contributed by atoms with Crippen molar-refractivity contribution in [1.82, 2.24) is 4.98 Å². The summed E-state index contributed by atoms with van der Waals surface area (Å²) in [7, 11) is 0. The van der Waals surface area contributed by atoms with Crippen molar-refractivity contribution in [1.29, 1.82) is 0 Å². The molecule has 0 aromatic carbocycles. The molecule has 1 aromatic rings. The Kier molecular flexibility index (Phi) is 4.40. The number of rotatable bonds is 3. The zero-order valence-electron chi connectivity index (χ0n) is 10.2. The number of halogens is 1. The van der Waals surface area contributed by atoms with Gasteiger partial charge in [0.25, 0.3) is 0 Å². The van der Waals surface area contributed by atoms with Crippen LogP contribution in [0.1, 0.15) is 31.2 Å². The van der Waals surface area contributed by atoms with Gasteiger partial charge in [0.1, 0.15) is 5.82 Å². The van der Waals surface area contributed by atoms with Crippen molar-refractivity contribution in [3.05, 3.63) is 22.3 Å². The fourth-order valence-corrected chi connectivity index (χ4v) is 3.07. The molecule has 0 amide bonds. The topological polar surface area (TPSA) is 50.9 Å². The normalized spacial score (nSPS) is 24.6. The van der Waals surface area contributed by atoms with Crippen molar-refractivity contribution in [3.8, 4) is 0 Å². The van der Waals surface area contributed by atoms with E-state index >= 15 is 0 Å². The van der Waals surface area contributed by atoms with Crippen LogP contribution in [0, 0.1) is 12.8 Å². The maximum atomic E-state index is 5.84. The van der Waals surface area contributed by atoms with Crippen LogP contribution in [0.3, 0.4) is 0 Å². The van der Waals surface area contributed by atoms with Crippen molar-refractivity contribution in [2.24, 2.45) is 11.7 Å². The quantitative estimate of drug-likeness (QED) is 0.901. The van der Waals surface area contributed by atoms with Crippen molar-refractivity contribution < 1.29 is 0 Å². The van der Waals surface area contributed by atoms with Gasteiger partial charge in [0, 0.05) is 12.2 Å². The summed E-state index contributed by atoms with van der Waals surface area (Å²) in [5.74, 6) is 1.53. The first kappa shape index (κ1) is 12.8. The van der Waals surface area contributed by atoms with Crippen LogP contribution in [-0.2, 0) is 0 Å². The third kappa shape index (κ3) is 3.19. The Labute approximate surface area is 111 Å². The first-order chi connectivity index (χ1) is 8.20. The number of nitrogens with two attached hydrogens (primary N) is 1. The number of pyridine rings is 1. The highest BCUT2D eigenvalue weighted by molar-refractivity contribution is 9.10. The van der Waals surface area contributed by atoms with Gasteiger partial charge in [-0.15, -0.1) is 0 Å². The van der Waals surface area contributed by atoms with Crippen LogP contribution in [-0.4, -0.2) is 17.6 Å². The summed E-state index contributed by atoms with van der Waals surface area (Å²) in [4.78, 5) is 4.44. The largest absolute Gasteiger partial charge is 0.366 e. The van der Waals surface area contributed by atoms with E-state index in [2.05, 4.69) is 32.3 Å². The minimum Gasteiger partial charge on any atom is -0.366 e. The molecule has 3 nitrogen and oxygen atoms in total. The maximum Gasteiger partial charge on any atom is 0.140 e. The number of nitrogens with zero attached hydrogens (tertiary/aromatic N) is 1. The van der Waals surface area contributed by atoms with Crippen molar-refractivity contribution in [2.45, 2.75) is 38.6 Å². The Morgan fingerprint density at radius 3 is 2.94 bits per heavy atom. The van der Waals surface area contributed by atoms with Gasteiger partial charge < -0.3 is 11.1 Å². The molecule has 1 aliphatic rings. The molecule has 1 fully saturated rings. The number of hydrogen-bond acceptors (Lipinski definition) is 3. The number of aromatic nitrogens is 1. The molecule has 2 atom stereocenters. The zero-order chi connectivity index (χ0) is 12.3. The van der Waals surface area contributed by atoms with Gasteiger partial charge in [-0.05, 0) is 59.8 Å². The van der Waals surface area contributed by atoms with E-state index in [1.54, 1.807) is 0 Å². The molecule has 1 aliphatic carbocycles. The molecule has 2 rings (SSSR count). The number of nitrogens with one attached hydrogen (secondary N) is 1. The molecule has 1 aromatic heterocycles. The summed E-state index contributed by atoms with van der Waals surface area (Å²) in [5, 5.41) is 3.54. The Hall–Kier alpha value is -0.610. The Morgan fingerprint density at radius 1 is 1.47 bits per heavy atom. The lowest BCUT2D eigenvalue weighted by Crippen LogP contribution is -2.37. The highest BCUT2D eigenvalue weighted by Crippen LogP contribution is 2.28. The fraction of sp³-hybridized carbons (Fsp3) is 0.615. The predicted octanol–water partition coefficient (Wildman–Crippen LogP) is 3.08. The Morgan fingerprint density at radius 2 is 2.24 bits per heavy atom. The average molecular weight is 298 g/mol. The van der Waals surface area contributed by atoms with Crippen LogP contribution in [0.4, 0.5) is 5.82 Å². The lowest BCUT2D eigenvalue weighted by molar-refractivity contribution is 0.332. The summed E-state index contributed by atoms with van der Waals surface area (Å²) >= 11 is 3.56. The lowest BCUT2D eigenvalue weighted by atomic mass is 9.84. The average Bonchev–Trinajstić information content (AvgIpc) is 2.33. The molecule has 3 N–H and O–H groups in total. The van der Waals surface area contributed by atoms with Gasteiger partial charge in [-0.2, -0.15) is 0 Å². The van der Waals surface area contributed by atoms with Crippen LogP contribution in [0.25, 0.3) is 0 Å². The van der Waals surface area contributed by atoms with E-state index in [1.807, 2.05) is 13.1 Å². The minimum atomic E-state index is 0.472. The zero-order valence-corrected chi connectivity index (χ0v) is 11.8. The lowest BCUT2D eigenvalue weighted by Gasteiger charge is -2.32. The van der Waals surface area contributed by atoms with E-state index in [-0.39, 0.29) is 0 Å². The van der Waals surface area contributed by atoms with E-state index in [0.29, 0.717) is 12.0 Å². The van der Waals surface area contributed by atoms with Crippen LogP contribution >= 0.6 is 15.9 Å². The number of hydrogen-bond donors (Lipinski definition) is 2. The van der Waals surface area contributed by atoms with E-state index in [9.17, 15) is 0 Å². The summed E-state index contributed by atoms with van der Waals surface area (Å²) < 4.78 is 1.04. The minimum absolute atomic E-state index is 0.472. The Balaban J connectivity index is 2.08. The first-order valence-corrected chi connectivity index (χ1v) is 7.08. The van der Waals surface area contributed by atoms with Crippen LogP contribution in [0.5, 0.6) is 0 Å². The monoisotopic (exact) mass is 297 g/mol. The molecule has 0 spiro atoms. The summed E-state index contributed by atoms with van der Waals surface area (Å²) in [6.07, 6.45) is 6.93. The van der Waals surface area contributed by atoms with Gasteiger partial charge in [-0.1, -0.05) is 12.8 Å². The SMILES string of the molecule is Cc1cnc(NC2CCCCC2CN)c(Br)c1. The summed E-state index contributed by atoms with van der Waals surface area (Å²) in [5.41, 5.74) is 7.01. The van der Waals surface area contributed by atoms with Gasteiger partial charge >= 0.3 is 0 Å². The highest BCUT2D eigenvalue weighted by atomic mass is 79.9. The molecule has 4 heteroatoms. The van der Waals surface area contributed by atoms with Crippen LogP contribution < -0.4 is 11.1 Å². The molecule has 0 aliphatic heterocycles. The molecule has 0 bridgehead atoms. The molecule has 0 radical (unpaired) electrons. The van der Waals surface area contributed by atoms with Gasteiger partial charge in [0.05, 0.1) is 4.47 Å². The van der Waals surface area contributed by atoms with Gasteiger partial charge in [0.2, 0.25) is 0 Å². The van der Waals surface area contributed by atoms with Gasteiger partial charge in [-0.25, -0.2) is 4.98 Å². The van der Waals surface area contributed by atoms with Crippen molar-refractivity contribution in [3.63, 3.8) is 0 Å². The number of anilines is 1. The molecular weight excluding hydrogens is 278 g/mol. The van der Waals surface area contributed by atoms with Crippen molar-refractivity contribution >= 4 is 21.7 Å². The molecular formula is C13H20BrN3. The maximum absolute atomic E-state index is 5.84. The molecule has 0 saturated heterocycles. The third-order valence-corrected chi connectivity index (χ3v) is 4.12. The van der Waals surface area contributed by atoms with Crippen LogP contribution in [0.15, 0.2) is 16.7 Å². The van der Waals surface area contributed by atoms with Crippen LogP contribution in [0.2, 0.25) is 0 Å². The fourth-order valence-electron chi connectivity index (χ4n) is 2.50. The van der Waals surface area contributed by atoms with E-state index in [1.165, 1.54) is 31.2 Å². The van der Waals surface area contributed by atoms with E-state index in [4.69, 9.17) is 5.73 Å². The van der Waals surface area contributed by atoms with E-state index < -0.39 is 0 Å². The summed E-state index contributed by atoms with van der Waals surface area (Å²) in [6, 6.07) is 2.57. The second kappa shape index (κ2) is 5.83. The van der Waals surface area contributed by atoms with Crippen molar-refractivity contribution in [2.75, 3.05) is 11.9 Å². The van der Waals surface area contributed by atoms with Gasteiger partial charge in [-0.3, -0.25) is 0 Å². The van der Waals surface area contributed by atoms with E-state index in [0.717, 1.165) is 16.8 Å². The molecule has 1 heterocycles. The standard InChI is InChI=1S/C13H20BrN3/c1-9-6-11(14)13(16-8-9)17-12-5-3-2-4-10(12)7-15/h6,8,10,12H,2-5,7,15H2,1H3,(H,16,17). The summed E-state index contributed by atoms with van der Waals surface area (Å²) in [6.45, 7) is 2.81. The second-order valence-corrected chi connectivity index (χ2v) is 5.73. The first-order valence-electron chi connectivity index (χ1n) is 6.29. The molecule has 94 valence electrons. The Bertz CT molecular complexity index is 381. The third-order valence-electron chi connectivity index (χ3n) is 3.51. The second-order valence-electron chi connectivity index (χ2n) is 4.87. The van der Waals surface area contributed by atoms with Gasteiger partial charge in [0.15, 0.2) is 0 Å². The predicted molar refractivity (Wildman–Crippen MR) is 75.1 cm³/mol.